The topological polar surface area (TPSA) is 81.7 Å². The van der Waals surface area contributed by atoms with Crippen molar-refractivity contribution in [1.29, 1.82) is 0 Å². The molecule has 6 nitrogen and oxygen atoms in total. The lowest BCUT2D eigenvalue weighted by Crippen LogP contribution is -2.57. The third-order valence-corrected chi connectivity index (χ3v) is 10.9. The molecule has 1 amide bonds. The van der Waals surface area contributed by atoms with Crippen LogP contribution in [0.25, 0.3) is 0 Å². The number of fused-ring (bicyclic) bond motifs is 3. The van der Waals surface area contributed by atoms with Gasteiger partial charge in [-0.1, -0.05) is 11.6 Å². The molecule has 2 aromatic rings. The summed E-state index contributed by atoms with van der Waals surface area (Å²) in [7, 11) is -4.23. The van der Waals surface area contributed by atoms with Gasteiger partial charge in [-0.05, 0) is 67.8 Å². The third kappa shape index (κ3) is 4.61. The predicted octanol–water partition coefficient (Wildman–Crippen LogP) is 4.49. The molecule has 36 heavy (non-hydrogen) atoms. The van der Waals surface area contributed by atoms with Gasteiger partial charge in [-0.15, -0.1) is 0 Å². The number of rotatable bonds is 8. The van der Waals surface area contributed by atoms with Gasteiger partial charge in [0, 0.05) is 23.6 Å². The lowest BCUT2D eigenvalue weighted by Gasteiger charge is -2.50. The number of thioether (sulfide) groups is 1. The van der Waals surface area contributed by atoms with Crippen LogP contribution in [-0.4, -0.2) is 51.2 Å². The maximum absolute atomic E-state index is 15.4. The Morgan fingerprint density at radius 1 is 1.14 bits per heavy atom. The third-order valence-electron chi connectivity index (χ3n) is 7.07. The van der Waals surface area contributed by atoms with Gasteiger partial charge < -0.3 is 14.8 Å². The molecule has 2 aliphatic heterocycles. The molecule has 0 unspecified atom stereocenters. The van der Waals surface area contributed by atoms with Crippen molar-refractivity contribution in [3.8, 4) is 5.75 Å². The zero-order valence-corrected chi connectivity index (χ0v) is 21.7. The van der Waals surface area contributed by atoms with Crippen molar-refractivity contribution in [3.05, 3.63) is 58.6 Å². The Hall–Kier alpha value is -1.88. The van der Waals surface area contributed by atoms with Crippen LogP contribution in [0.3, 0.4) is 0 Å². The molecule has 1 saturated carbocycles. The highest BCUT2D eigenvalue weighted by molar-refractivity contribution is 7.99. The molecule has 1 saturated heterocycles. The summed E-state index contributed by atoms with van der Waals surface area (Å²) in [6.45, 7) is -0.0894. The molecule has 0 radical (unpaired) electrons. The number of carbonyl (C=O) groups is 1. The number of hydrogen-bond acceptors (Lipinski definition) is 6. The maximum atomic E-state index is 15.4. The highest BCUT2D eigenvalue weighted by Gasteiger charge is 2.61. The zero-order chi connectivity index (χ0) is 25.5. The van der Waals surface area contributed by atoms with Crippen molar-refractivity contribution in [3.63, 3.8) is 0 Å². The molecule has 3 aliphatic rings. The van der Waals surface area contributed by atoms with Gasteiger partial charge in [-0.25, -0.2) is 17.2 Å². The molecule has 2 heterocycles. The normalized spacial score (nSPS) is 25.4. The summed E-state index contributed by atoms with van der Waals surface area (Å²) in [5.74, 6) is -1.99. The first kappa shape index (κ1) is 25.8. The standard InChI is InChI=1S/C25H26ClF2NO5S2/c26-15-1-5-17(6-2-15)36(31,32)25-10-11-33-21(9-12-35-14-22(30)29-16-3-4-16)18(25)13-34-24-20(28)8-7-19(27)23(24)25/h1-2,5-8,16,18,21H,3-4,9-14H2,(H,29,30)/t18-,21-,25-/m0/s1. The fourth-order valence-electron chi connectivity index (χ4n) is 5.20. The summed E-state index contributed by atoms with van der Waals surface area (Å²) in [6.07, 6.45) is 1.82. The van der Waals surface area contributed by atoms with Crippen molar-refractivity contribution in [1.82, 2.24) is 5.32 Å². The molecule has 5 rings (SSSR count). The van der Waals surface area contributed by atoms with Gasteiger partial charge in [0.15, 0.2) is 21.4 Å². The summed E-state index contributed by atoms with van der Waals surface area (Å²) in [5.41, 5.74) is -0.279. The summed E-state index contributed by atoms with van der Waals surface area (Å²) in [5, 5.41) is 3.29. The largest absolute Gasteiger partial charge is 0.490 e. The SMILES string of the molecule is O=C(CSCC[C@@H]1OCC[C@@]2(S(=O)(=O)c3ccc(Cl)cc3)c3c(F)ccc(F)c3OC[C@@H]12)NC1CC1. The highest BCUT2D eigenvalue weighted by atomic mass is 35.5. The van der Waals surface area contributed by atoms with Gasteiger partial charge in [0.2, 0.25) is 5.91 Å². The number of amides is 1. The number of halogens is 3. The molecular formula is C25H26ClF2NO5S2. The molecule has 1 aliphatic carbocycles. The Morgan fingerprint density at radius 2 is 1.86 bits per heavy atom. The molecule has 0 spiro atoms. The minimum Gasteiger partial charge on any atom is -0.490 e. The Bertz CT molecular complexity index is 1260. The van der Waals surface area contributed by atoms with E-state index in [4.69, 9.17) is 21.1 Å². The minimum atomic E-state index is -4.23. The minimum absolute atomic E-state index is 0.0276. The van der Waals surface area contributed by atoms with Gasteiger partial charge in [0.1, 0.15) is 10.6 Å². The Kier molecular flexibility index (Phi) is 7.24. The van der Waals surface area contributed by atoms with Crippen LogP contribution in [0.5, 0.6) is 5.75 Å². The summed E-state index contributed by atoms with van der Waals surface area (Å²) in [4.78, 5) is 12.0. The maximum Gasteiger partial charge on any atom is 0.230 e. The predicted molar refractivity (Wildman–Crippen MR) is 133 cm³/mol. The fourth-order valence-corrected chi connectivity index (χ4v) is 8.48. The van der Waals surface area contributed by atoms with Crippen LogP contribution in [0.2, 0.25) is 5.02 Å². The average Bonchev–Trinajstić information content (AvgIpc) is 3.67. The summed E-state index contributed by atoms with van der Waals surface area (Å²) >= 11 is 7.41. The lowest BCUT2D eigenvalue weighted by molar-refractivity contribution is -0.118. The molecule has 11 heteroatoms. The number of benzene rings is 2. The van der Waals surface area contributed by atoms with E-state index < -0.39 is 38.2 Å². The summed E-state index contributed by atoms with van der Waals surface area (Å²) in [6, 6.07) is 7.86. The molecule has 194 valence electrons. The van der Waals surface area contributed by atoms with Crippen LogP contribution in [-0.2, 0) is 24.1 Å². The van der Waals surface area contributed by atoms with Crippen LogP contribution < -0.4 is 10.1 Å². The van der Waals surface area contributed by atoms with E-state index in [-0.39, 0.29) is 47.8 Å². The quantitative estimate of drug-likeness (QED) is 0.482. The van der Waals surface area contributed by atoms with Crippen molar-refractivity contribution in [2.45, 2.75) is 47.5 Å². The van der Waals surface area contributed by atoms with Gasteiger partial charge in [-0.2, -0.15) is 11.8 Å². The van der Waals surface area contributed by atoms with E-state index in [1.807, 2.05) is 0 Å². The number of ether oxygens (including phenoxy) is 2. The van der Waals surface area contributed by atoms with E-state index in [1.54, 1.807) is 0 Å². The second-order valence-corrected chi connectivity index (χ2v) is 13.1. The van der Waals surface area contributed by atoms with Crippen molar-refractivity contribution >= 4 is 39.1 Å². The number of carbonyl (C=O) groups excluding carboxylic acids is 1. The highest BCUT2D eigenvalue weighted by Crippen LogP contribution is 2.56. The zero-order valence-electron chi connectivity index (χ0n) is 19.3. The van der Waals surface area contributed by atoms with Crippen molar-refractivity contribution in [2.24, 2.45) is 5.92 Å². The molecule has 1 N–H and O–H groups in total. The van der Waals surface area contributed by atoms with Gasteiger partial charge >= 0.3 is 0 Å². The van der Waals surface area contributed by atoms with E-state index in [2.05, 4.69) is 5.32 Å². The first-order chi connectivity index (χ1) is 17.2. The number of hydrogen-bond donors (Lipinski definition) is 1. The fraction of sp³-hybridized carbons (Fsp3) is 0.480. The monoisotopic (exact) mass is 557 g/mol. The van der Waals surface area contributed by atoms with E-state index >= 15 is 4.39 Å². The van der Waals surface area contributed by atoms with Crippen LogP contribution in [0.15, 0.2) is 41.3 Å². The van der Waals surface area contributed by atoms with Crippen LogP contribution in [0.1, 0.15) is 31.2 Å². The van der Waals surface area contributed by atoms with E-state index in [0.29, 0.717) is 22.9 Å². The second kappa shape index (κ2) is 10.1. The Balaban J connectivity index is 1.48. The van der Waals surface area contributed by atoms with E-state index in [9.17, 15) is 17.6 Å². The van der Waals surface area contributed by atoms with Crippen LogP contribution in [0.4, 0.5) is 8.78 Å². The van der Waals surface area contributed by atoms with Gasteiger partial charge in [-0.3, -0.25) is 4.79 Å². The first-order valence-corrected chi connectivity index (χ1v) is 14.9. The molecule has 2 fully saturated rings. The molecule has 0 aromatic heterocycles. The Labute approximate surface area is 218 Å². The van der Waals surface area contributed by atoms with Crippen molar-refractivity contribution in [2.75, 3.05) is 24.7 Å². The lowest BCUT2D eigenvalue weighted by atomic mass is 9.75. The number of nitrogens with one attached hydrogen (secondary N) is 1. The van der Waals surface area contributed by atoms with Crippen LogP contribution in [0, 0.1) is 17.6 Å². The van der Waals surface area contributed by atoms with Crippen molar-refractivity contribution < 1.29 is 31.5 Å². The Morgan fingerprint density at radius 3 is 2.58 bits per heavy atom. The van der Waals surface area contributed by atoms with E-state index in [1.165, 1.54) is 36.0 Å². The molecule has 0 bridgehead atoms. The van der Waals surface area contributed by atoms with E-state index in [0.717, 1.165) is 25.0 Å². The van der Waals surface area contributed by atoms with Crippen LogP contribution >= 0.6 is 23.4 Å². The molecule has 2 aromatic carbocycles. The molecular weight excluding hydrogens is 532 g/mol. The molecule has 3 atom stereocenters. The average molecular weight is 558 g/mol. The van der Waals surface area contributed by atoms with Gasteiger partial charge in [0.05, 0.1) is 28.9 Å². The summed E-state index contributed by atoms with van der Waals surface area (Å²) < 4.78 is 68.5. The first-order valence-electron chi connectivity index (χ1n) is 11.8. The second-order valence-electron chi connectivity index (χ2n) is 9.34. The smallest absolute Gasteiger partial charge is 0.230 e. The number of sulfone groups is 1. The van der Waals surface area contributed by atoms with Gasteiger partial charge in [0.25, 0.3) is 0 Å².